The monoisotopic (exact) mass is 514 g/mol. The number of fused-ring (bicyclic) bond motifs is 1. The number of nitrogens with zero attached hydrogens (tertiary/aromatic N) is 1. The fourth-order valence-corrected chi connectivity index (χ4v) is 4.04. The molecule has 4 rings (SSSR count). The number of ketones is 1. The Morgan fingerprint density at radius 3 is 2.60 bits per heavy atom. The van der Waals surface area contributed by atoms with Gasteiger partial charge in [0.1, 0.15) is 24.2 Å². The maximum atomic E-state index is 12.7. The molecule has 0 aliphatic carbocycles. The number of rotatable bonds is 7. The third-order valence-electron chi connectivity index (χ3n) is 5.34. The van der Waals surface area contributed by atoms with Gasteiger partial charge in [-0.3, -0.25) is 9.59 Å². The summed E-state index contributed by atoms with van der Waals surface area (Å²) in [6.45, 7) is 0.927. The summed E-state index contributed by atoms with van der Waals surface area (Å²) in [4.78, 5) is 37.5. The quantitative estimate of drug-likeness (QED) is 0.345. The van der Waals surface area contributed by atoms with Crippen molar-refractivity contribution in [1.82, 2.24) is 0 Å². The van der Waals surface area contributed by atoms with Crippen LogP contribution in [0.15, 0.2) is 60.7 Å². The Morgan fingerprint density at radius 1 is 1.09 bits per heavy atom. The van der Waals surface area contributed by atoms with Gasteiger partial charge in [-0.25, -0.2) is 4.79 Å². The average Bonchev–Trinajstić information content (AvgIpc) is 2.83. The summed E-state index contributed by atoms with van der Waals surface area (Å²) in [5.41, 5.74) is 1.12. The van der Waals surface area contributed by atoms with Crippen molar-refractivity contribution in [1.29, 1.82) is 0 Å². The molecule has 0 spiro atoms. The molecule has 3 aromatic carbocycles. The first-order valence-electron chi connectivity index (χ1n) is 10.5. The van der Waals surface area contributed by atoms with E-state index in [2.05, 4.69) is 10.2 Å². The molecule has 0 radical (unpaired) electrons. The number of Topliss-reactive ketones (excluding diaryl/α,β-unsaturated/α-hetero) is 1. The topological polar surface area (TPSA) is 105 Å². The number of halogens is 2. The molecule has 2 N–H and O–H groups in total. The fraction of sp³-hybridized carbons (Fsp3) is 0.160. The molecule has 0 saturated carbocycles. The van der Waals surface area contributed by atoms with E-state index in [1.165, 1.54) is 30.3 Å². The van der Waals surface area contributed by atoms with E-state index < -0.39 is 17.7 Å². The summed E-state index contributed by atoms with van der Waals surface area (Å²) in [6, 6.07) is 16.2. The molecule has 1 amide bonds. The highest BCUT2D eigenvalue weighted by Crippen LogP contribution is 2.32. The number of amides is 1. The number of benzene rings is 3. The number of carbonyl (C=O) groups is 3. The molecule has 1 aliphatic rings. The number of ether oxygens (including phenoxy) is 2. The van der Waals surface area contributed by atoms with E-state index in [0.29, 0.717) is 12.3 Å². The lowest BCUT2D eigenvalue weighted by molar-refractivity contribution is -0.131. The SMILES string of the molecule is CN1C[C@@H](COc2ccc(C(=O)Nc3cc(C(=O)C(=O)O)ccc3Cl)c(Cl)c2)Oc2ccccc21. The van der Waals surface area contributed by atoms with Gasteiger partial charge >= 0.3 is 5.97 Å². The summed E-state index contributed by atoms with van der Waals surface area (Å²) in [5, 5.41) is 11.7. The molecule has 10 heteroatoms. The van der Waals surface area contributed by atoms with Crippen molar-refractivity contribution in [2.45, 2.75) is 6.10 Å². The Bertz CT molecular complexity index is 1310. The minimum Gasteiger partial charge on any atom is -0.490 e. The highest BCUT2D eigenvalue weighted by Gasteiger charge is 2.24. The third kappa shape index (κ3) is 5.50. The van der Waals surface area contributed by atoms with Gasteiger partial charge in [-0.15, -0.1) is 0 Å². The number of anilines is 2. The molecule has 3 aromatic rings. The molecule has 180 valence electrons. The van der Waals surface area contributed by atoms with E-state index >= 15 is 0 Å². The molecule has 0 aromatic heterocycles. The van der Waals surface area contributed by atoms with Crippen LogP contribution in [0.1, 0.15) is 20.7 Å². The zero-order valence-electron chi connectivity index (χ0n) is 18.5. The predicted molar refractivity (Wildman–Crippen MR) is 132 cm³/mol. The highest BCUT2D eigenvalue weighted by molar-refractivity contribution is 6.41. The molecular weight excluding hydrogens is 495 g/mol. The lowest BCUT2D eigenvalue weighted by Crippen LogP contribution is -2.41. The highest BCUT2D eigenvalue weighted by atomic mass is 35.5. The second kappa shape index (κ2) is 10.2. The summed E-state index contributed by atoms with van der Waals surface area (Å²) < 4.78 is 11.8. The Hall–Kier alpha value is -3.75. The summed E-state index contributed by atoms with van der Waals surface area (Å²) in [7, 11) is 1.98. The largest absolute Gasteiger partial charge is 0.490 e. The number of carboxylic acid groups (broad SMARTS) is 1. The van der Waals surface area contributed by atoms with E-state index in [1.807, 2.05) is 31.3 Å². The molecule has 0 unspecified atom stereocenters. The van der Waals surface area contributed by atoms with Crippen LogP contribution in [-0.4, -0.2) is 49.1 Å². The number of hydrogen-bond donors (Lipinski definition) is 2. The lowest BCUT2D eigenvalue weighted by Gasteiger charge is -2.33. The maximum absolute atomic E-state index is 12.7. The van der Waals surface area contributed by atoms with Crippen LogP contribution >= 0.6 is 23.2 Å². The maximum Gasteiger partial charge on any atom is 0.377 e. The van der Waals surface area contributed by atoms with Crippen molar-refractivity contribution in [3.63, 3.8) is 0 Å². The van der Waals surface area contributed by atoms with E-state index in [-0.39, 0.29) is 39.6 Å². The molecule has 1 heterocycles. The van der Waals surface area contributed by atoms with Crippen LogP contribution in [0, 0.1) is 0 Å². The molecule has 0 fully saturated rings. The van der Waals surface area contributed by atoms with E-state index in [0.717, 1.165) is 11.4 Å². The molecule has 0 bridgehead atoms. The normalized spacial score (nSPS) is 14.5. The van der Waals surface area contributed by atoms with E-state index in [1.54, 1.807) is 6.07 Å². The van der Waals surface area contributed by atoms with Crippen LogP contribution in [0.2, 0.25) is 10.0 Å². The van der Waals surface area contributed by atoms with Gasteiger partial charge < -0.3 is 24.8 Å². The minimum atomic E-state index is -1.61. The Morgan fingerprint density at radius 2 is 1.86 bits per heavy atom. The number of hydrogen-bond acceptors (Lipinski definition) is 6. The van der Waals surface area contributed by atoms with Gasteiger partial charge in [-0.2, -0.15) is 0 Å². The minimum absolute atomic E-state index is 0.0824. The number of carboxylic acids is 1. The van der Waals surface area contributed by atoms with Crippen molar-refractivity contribution >= 4 is 52.2 Å². The summed E-state index contributed by atoms with van der Waals surface area (Å²) in [6.07, 6.45) is -0.195. The first-order chi connectivity index (χ1) is 16.7. The fourth-order valence-electron chi connectivity index (χ4n) is 3.61. The van der Waals surface area contributed by atoms with Crippen molar-refractivity contribution in [2.24, 2.45) is 0 Å². The zero-order valence-corrected chi connectivity index (χ0v) is 20.0. The van der Waals surface area contributed by atoms with Crippen LogP contribution in [0.3, 0.4) is 0 Å². The number of carbonyl (C=O) groups excluding carboxylic acids is 2. The second-order valence-electron chi connectivity index (χ2n) is 7.82. The Labute approximate surface area is 211 Å². The van der Waals surface area contributed by atoms with Crippen molar-refractivity contribution in [3.8, 4) is 11.5 Å². The van der Waals surface area contributed by atoms with Gasteiger partial charge in [0.15, 0.2) is 0 Å². The van der Waals surface area contributed by atoms with Gasteiger partial charge in [0.25, 0.3) is 11.7 Å². The number of likely N-dealkylation sites (N-methyl/N-ethyl adjacent to an activating group) is 1. The van der Waals surface area contributed by atoms with E-state index in [9.17, 15) is 14.4 Å². The third-order valence-corrected chi connectivity index (χ3v) is 5.98. The molecule has 0 saturated heterocycles. The van der Waals surface area contributed by atoms with Gasteiger partial charge in [-0.05, 0) is 48.5 Å². The standard InChI is InChI=1S/C25H20Cl2N2O6/c1-29-12-16(35-22-5-3-2-4-21(22)29)13-34-15-7-8-17(19(27)11-15)24(31)28-20-10-14(6-9-18(20)26)23(30)25(32)33/h2-11,16H,12-13H2,1H3,(H,28,31)(H,32,33)/t16-/m0/s1. The smallest absolute Gasteiger partial charge is 0.377 e. The number of para-hydroxylation sites is 2. The van der Waals surface area contributed by atoms with Gasteiger partial charge in [0, 0.05) is 12.6 Å². The summed E-state index contributed by atoms with van der Waals surface area (Å²) >= 11 is 12.4. The van der Waals surface area contributed by atoms with E-state index in [4.69, 9.17) is 37.8 Å². The Kier molecular flexibility index (Phi) is 7.14. The lowest BCUT2D eigenvalue weighted by atomic mass is 10.1. The molecule has 1 aliphatic heterocycles. The first-order valence-corrected chi connectivity index (χ1v) is 11.3. The number of nitrogens with one attached hydrogen (secondary N) is 1. The molecular formula is C25H20Cl2N2O6. The molecule has 35 heavy (non-hydrogen) atoms. The van der Waals surface area contributed by atoms with Crippen LogP contribution in [-0.2, 0) is 4.79 Å². The molecule has 8 nitrogen and oxygen atoms in total. The van der Waals surface area contributed by atoms with Crippen LogP contribution in [0.5, 0.6) is 11.5 Å². The first kappa shape index (κ1) is 24.4. The van der Waals surface area contributed by atoms with Crippen LogP contribution in [0.25, 0.3) is 0 Å². The average molecular weight is 515 g/mol. The van der Waals surface area contributed by atoms with Crippen molar-refractivity contribution < 1.29 is 29.0 Å². The van der Waals surface area contributed by atoms with Crippen molar-refractivity contribution in [2.75, 3.05) is 30.4 Å². The predicted octanol–water partition coefficient (Wildman–Crippen LogP) is 4.79. The van der Waals surface area contributed by atoms with Crippen LogP contribution < -0.4 is 19.7 Å². The summed E-state index contributed by atoms with van der Waals surface area (Å²) in [5.74, 6) is -2.07. The molecule has 1 atom stereocenters. The number of aliphatic carboxylic acids is 1. The zero-order chi connectivity index (χ0) is 25.1. The van der Waals surface area contributed by atoms with Gasteiger partial charge in [0.05, 0.1) is 33.5 Å². The van der Waals surface area contributed by atoms with Crippen LogP contribution in [0.4, 0.5) is 11.4 Å². The second-order valence-corrected chi connectivity index (χ2v) is 8.64. The van der Waals surface area contributed by atoms with Gasteiger partial charge in [-0.1, -0.05) is 35.3 Å². The Balaban J connectivity index is 1.41. The van der Waals surface area contributed by atoms with Crippen molar-refractivity contribution in [3.05, 3.63) is 81.8 Å². The van der Waals surface area contributed by atoms with Gasteiger partial charge in [0.2, 0.25) is 0 Å².